The maximum Gasteiger partial charge on any atom is 0.222 e. The van der Waals surface area contributed by atoms with Gasteiger partial charge in [0.1, 0.15) is 5.82 Å². The minimum absolute atomic E-state index is 0.138. The largest absolute Gasteiger partial charge is 0.337 e. The van der Waals surface area contributed by atoms with Gasteiger partial charge in [0, 0.05) is 38.5 Å². The second kappa shape index (κ2) is 5.93. The Balaban J connectivity index is 1.51. The molecule has 5 heteroatoms. The number of Topliss-reactive ketones (excluding diaryl/α,β-unsaturated/α-hetero) is 1. The molecule has 112 valence electrons. The highest BCUT2D eigenvalue weighted by atomic mass is 19.1. The molecule has 0 spiro atoms. The number of hydrogen-bond acceptors (Lipinski definition) is 3. The maximum atomic E-state index is 12.8. The highest BCUT2D eigenvalue weighted by Crippen LogP contribution is 2.22. The van der Waals surface area contributed by atoms with Crippen LogP contribution in [0, 0.1) is 5.82 Å². The van der Waals surface area contributed by atoms with E-state index in [9.17, 15) is 14.0 Å². The van der Waals surface area contributed by atoms with Crippen LogP contribution in [0.2, 0.25) is 0 Å². The van der Waals surface area contributed by atoms with Crippen molar-refractivity contribution in [1.82, 2.24) is 9.80 Å². The van der Waals surface area contributed by atoms with Crippen molar-refractivity contribution in [1.29, 1.82) is 0 Å². The molecule has 0 saturated carbocycles. The van der Waals surface area contributed by atoms with Crippen molar-refractivity contribution < 1.29 is 14.0 Å². The number of fused-ring (bicyclic) bond motifs is 1. The van der Waals surface area contributed by atoms with Gasteiger partial charge in [0.2, 0.25) is 5.91 Å². The van der Waals surface area contributed by atoms with Crippen molar-refractivity contribution in [3.63, 3.8) is 0 Å². The number of nitrogens with zero attached hydrogens (tertiary/aromatic N) is 2. The molecule has 0 radical (unpaired) electrons. The molecule has 0 N–H and O–H groups in total. The maximum absolute atomic E-state index is 12.8. The third-order valence-corrected chi connectivity index (χ3v) is 4.29. The predicted molar refractivity (Wildman–Crippen MR) is 76.3 cm³/mol. The van der Waals surface area contributed by atoms with Crippen LogP contribution in [0.25, 0.3) is 0 Å². The van der Waals surface area contributed by atoms with Crippen LogP contribution in [-0.4, -0.2) is 53.7 Å². The average Bonchev–Trinajstić information content (AvgIpc) is 2.82. The molecule has 1 aromatic carbocycles. The number of carbonyl (C=O) groups is 2. The quantitative estimate of drug-likeness (QED) is 0.838. The van der Waals surface area contributed by atoms with E-state index in [0.29, 0.717) is 19.4 Å². The summed E-state index contributed by atoms with van der Waals surface area (Å²) in [6.45, 7) is 2.70. The van der Waals surface area contributed by atoms with Gasteiger partial charge in [-0.1, -0.05) is 12.1 Å². The molecular weight excluding hydrogens is 271 g/mol. The molecule has 1 amide bonds. The lowest BCUT2D eigenvalue weighted by Gasteiger charge is -2.37. The molecule has 2 aliphatic heterocycles. The fourth-order valence-electron chi connectivity index (χ4n) is 3.21. The second-order valence-corrected chi connectivity index (χ2v) is 5.86. The molecule has 1 atom stereocenters. The number of hydrogen-bond donors (Lipinski definition) is 0. The van der Waals surface area contributed by atoms with Gasteiger partial charge < -0.3 is 4.90 Å². The van der Waals surface area contributed by atoms with E-state index in [2.05, 4.69) is 4.90 Å². The Hall–Kier alpha value is -1.75. The molecular formula is C16H19FN2O2. The summed E-state index contributed by atoms with van der Waals surface area (Å²) < 4.78 is 12.8. The number of benzene rings is 1. The molecule has 4 nitrogen and oxygen atoms in total. The summed E-state index contributed by atoms with van der Waals surface area (Å²) in [5, 5.41) is 0. The summed E-state index contributed by atoms with van der Waals surface area (Å²) in [6, 6.07) is 6.35. The van der Waals surface area contributed by atoms with Crippen LogP contribution >= 0.6 is 0 Å². The fourth-order valence-corrected chi connectivity index (χ4v) is 3.21. The van der Waals surface area contributed by atoms with E-state index >= 15 is 0 Å². The molecule has 2 fully saturated rings. The monoisotopic (exact) mass is 290 g/mol. The van der Waals surface area contributed by atoms with Gasteiger partial charge in [-0.25, -0.2) is 4.39 Å². The van der Waals surface area contributed by atoms with E-state index in [4.69, 9.17) is 0 Å². The first kappa shape index (κ1) is 14.2. The number of amides is 1. The number of carbonyl (C=O) groups excluding carboxylic acids is 2. The standard InChI is InChI=1S/C16H19FN2O2/c17-13-3-1-12(2-4-13)9-15(20)11-18-7-8-19-14(10-18)5-6-16(19)21/h1-4,14H,5-11H2. The van der Waals surface area contributed by atoms with Gasteiger partial charge in [0.15, 0.2) is 5.78 Å². The van der Waals surface area contributed by atoms with E-state index in [1.54, 1.807) is 12.1 Å². The minimum atomic E-state index is -0.284. The van der Waals surface area contributed by atoms with Gasteiger partial charge in [0.25, 0.3) is 0 Å². The number of ketones is 1. The van der Waals surface area contributed by atoms with Crippen LogP contribution in [-0.2, 0) is 16.0 Å². The van der Waals surface area contributed by atoms with Gasteiger partial charge in [-0.05, 0) is 24.1 Å². The molecule has 2 heterocycles. The highest BCUT2D eigenvalue weighted by molar-refractivity contribution is 5.83. The zero-order chi connectivity index (χ0) is 14.8. The third kappa shape index (κ3) is 3.29. The van der Waals surface area contributed by atoms with Crippen molar-refractivity contribution in [2.75, 3.05) is 26.2 Å². The first-order chi connectivity index (χ1) is 10.1. The van der Waals surface area contributed by atoms with E-state index in [0.717, 1.165) is 31.6 Å². The normalized spacial score (nSPS) is 22.4. The van der Waals surface area contributed by atoms with E-state index in [1.165, 1.54) is 12.1 Å². The molecule has 3 rings (SSSR count). The van der Waals surface area contributed by atoms with Gasteiger partial charge in [-0.3, -0.25) is 14.5 Å². The molecule has 0 aliphatic carbocycles. The van der Waals surface area contributed by atoms with Crippen molar-refractivity contribution in [2.45, 2.75) is 25.3 Å². The van der Waals surface area contributed by atoms with Crippen LogP contribution in [0.4, 0.5) is 4.39 Å². The number of piperazine rings is 1. The molecule has 1 unspecified atom stereocenters. The Labute approximate surface area is 123 Å². The lowest BCUT2D eigenvalue weighted by atomic mass is 10.1. The Kier molecular flexibility index (Phi) is 4.01. The van der Waals surface area contributed by atoms with Crippen molar-refractivity contribution >= 4 is 11.7 Å². The smallest absolute Gasteiger partial charge is 0.222 e. The molecule has 2 aliphatic rings. The molecule has 2 saturated heterocycles. The lowest BCUT2D eigenvalue weighted by Crippen LogP contribution is -2.52. The van der Waals surface area contributed by atoms with Crippen LogP contribution in [0.3, 0.4) is 0 Å². The molecule has 0 bridgehead atoms. The minimum Gasteiger partial charge on any atom is -0.337 e. The van der Waals surface area contributed by atoms with E-state index < -0.39 is 0 Å². The third-order valence-electron chi connectivity index (χ3n) is 4.29. The summed E-state index contributed by atoms with van der Waals surface area (Å²) in [6.07, 6.45) is 1.88. The first-order valence-corrected chi connectivity index (χ1v) is 7.40. The van der Waals surface area contributed by atoms with Gasteiger partial charge in [-0.2, -0.15) is 0 Å². The molecule has 0 aromatic heterocycles. The number of rotatable bonds is 4. The van der Waals surface area contributed by atoms with Crippen LogP contribution in [0.1, 0.15) is 18.4 Å². The van der Waals surface area contributed by atoms with Crippen molar-refractivity contribution in [3.05, 3.63) is 35.6 Å². The predicted octanol–water partition coefficient (Wildman–Crippen LogP) is 1.24. The van der Waals surface area contributed by atoms with Gasteiger partial charge in [-0.15, -0.1) is 0 Å². The molecule has 1 aromatic rings. The average molecular weight is 290 g/mol. The zero-order valence-electron chi connectivity index (χ0n) is 11.9. The van der Waals surface area contributed by atoms with Crippen LogP contribution < -0.4 is 0 Å². The van der Waals surface area contributed by atoms with Gasteiger partial charge >= 0.3 is 0 Å². The van der Waals surface area contributed by atoms with Crippen LogP contribution in [0.15, 0.2) is 24.3 Å². The zero-order valence-corrected chi connectivity index (χ0v) is 11.9. The SMILES string of the molecule is O=C(Cc1ccc(F)cc1)CN1CCN2C(=O)CCC2C1. The summed E-state index contributed by atoms with van der Waals surface area (Å²) in [7, 11) is 0. The summed E-state index contributed by atoms with van der Waals surface area (Å²) in [5.74, 6) is 0.102. The second-order valence-electron chi connectivity index (χ2n) is 5.86. The van der Waals surface area contributed by atoms with Crippen molar-refractivity contribution in [3.8, 4) is 0 Å². The van der Waals surface area contributed by atoms with E-state index in [1.807, 2.05) is 4.90 Å². The lowest BCUT2D eigenvalue weighted by molar-refractivity contribution is -0.131. The Morgan fingerprint density at radius 2 is 2.00 bits per heavy atom. The Morgan fingerprint density at radius 1 is 1.24 bits per heavy atom. The summed E-state index contributed by atoms with van der Waals surface area (Å²) in [5.41, 5.74) is 0.844. The van der Waals surface area contributed by atoms with Crippen LogP contribution in [0.5, 0.6) is 0 Å². The fraction of sp³-hybridized carbons (Fsp3) is 0.500. The first-order valence-electron chi connectivity index (χ1n) is 7.40. The Bertz CT molecular complexity index is 544. The topological polar surface area (TPSA) is 40.6 Å². The Morgan fingerprint density at radius 3 is 2.76 bits per heavy atom. The summed E-state index contributed by atoms with van der Waals surface area (Å²) >= 11 is 0. The molecule has 21 heavy (non-hydrogen) atoms. The van der Waals surface area contributed by atoms with E-state index in [-0.39, 0.29) is 23.5 Å². The summed E-state index contributed by atoms with van der Waals surface area (Å²) in [4.78, 5) is 27.8. The van der Waals surface area contributed by atoms with Gasteiger partial charge in [0.05, 0.1) is 6.54 Å². The highest BCUT2D eigenvalue weighted by Gasteiger charge is 2.35. The van der Waals surface area contributed by atoms with Crippen molar-refractivity contribution in [2.24, 2.45) is 0 Å². The number of halogens is 1.